The average Bonchev–Trinajstić information content (AvgIpc) is 2.71. The molecule has 1 aromatic rings. The molecule has 0 saturated heterocycles. The Morgan fingerprint density at radius 2 is 2.05 bits per heavy atom. The Bertz CT molecular complexity index is 562. The van der Waals surface area contributed by atoms with Gasteiger partial charge >= 0.3 is 0 Å². The molecule has 4 nitrogen and oxygen atoms in total. The molecular formula is C17H22N2O2. The highest BCUT2D eigenvalue weighted by Gasteiger charge is 2.45. The van der Waals surface area contributed by atoms with Gasteiger partial charge in [-0.15, -0.1) is 0 Å². The first kappa shape index (κ1) is 15.5. The second-order valence-electron chi connectivity index (χ2n) is 5.69. The lowest BCUT2D eigenvalue weighted by Gasteiger charge is -2.17. The number of amides is 1. The van der Waals surface area contributed by atoms with Crippen molar-refractivity contribution in [2.24, 2.45) is 0 Å². The van der Waals surface area contributed by atoms with Gasteiger partial charge in [-0.2, -0.15) is 5.26 Å². The van der Waals surface area contributed by atoms with E-state index in [9.17, 15) is 9.90 Å². The fraction of sp³-hybridized carbons (Fsp3) is 0.529. The van der Waals surface area contributed by atoms with Gasteiger partial charge in [0, 0.05) is 11.3 Å². The first-order chi connectivity index (χ1) is 10.1. The number of fused-ring (bicyclic) bond motifs is 1. The molecule has 0 saturated carbocycles. The van der Waals surface area contributed by atoms with Gasteiger partial charge in [-0.1, -0.05) is 44.7 Å². The monoisotopic (exact) mass is 286 g/mol. The maximum absolute atomic E-state index is 11.9. The molecule has 0 radical (unpaired) electrons. The summed E-state index contributed by atoms with van der Waals surface area (Å²) in [6.45, 7) is 2.19. The maximum atomic E-state index is 11.9. The smallest absolute Gasteiger partial charge is 0.262 e. The molecule has 0 spiro atoms. The van der Waals surface area contributed by atoms with Crippen LogP contribution in [-0.2, 0) is 16.8 Å². The van der Waals surface area contributed by atoms with E-state index in [1.54, 1.807) is 0 Å². The van der Waals surface area contributed by atoms with E-state index in [2.05, 4.69) is 12.2 Å². The number of benzene rings is 1. The summed E-state index contributed by atoms with van der Waals surface area (Å²) in [5.74, 6) is -0.501. The number of nitrogens with one attached hydrogen (secondary N) is 1. The molecule has 1 aliphatic heterocycles. The Hall–Kier alpha value is -1.86. The fourth-order valence-electron chi connectivity index (χ4n) is 2.77. The predicted molar refractivity (Wildman–Crippen MR) is 81.7 cm³/mol. The molecule has 1 aliphatic rings. The van der Waals surface area contributed by atoms with Crippen LogP contribution in [-0.4, -0.2) is 11.0 Å². The molecule has 112 valence electrons. The van der Waals surface area contributed by atoms with E-state index in [4.69, 9.17) is 5.26 Å². The lowest BCUT2D eigenvalue weighted by molar-refractivity contribution is -0.133. The highest BCUT2D eigenvalue weighted by Crippen LogP contribution is 2.38. The summed E-state index contributed by atoms with van der Waals surface area (Å²) in [4.78, 5) is 11.9. The van der Waals surface area contributed by atoms with E-state index >= 15 is 0 Å². The number of hydrogen-bond donors (Lipinski definition) is 2. The van der Waals surface area contributed by atoms with Gasteiger partial charge in [0.2, 0.25) is 0 Å². The second-order valence-corrected chi connectivity index (χ2v) is 5.69. The minimum Gasteiger partial charge on any atom is -0.374 e. The van der Waals surface area contributed by atoms with E-state index < -0.39 is 11.5 Å². The van der Waals surface area contributed by atoms with Crippen LogP contribution >= 0.6 is 0 Å². The van der Waals surface area contributed by atoms with Crippen molar-refractivity contribution >= 4 is 11.6 Å². The van der Waals surface area contributed by atoms with Crippen molar-refractivity contribution in [1.29, 1.82) is 5.26 Å². The Morgan fingerprint density at radius 3 is 2.76 bits per heavy atom. The van der Waals surface area contributed by atoms with Crippen molar-refractivity contribution < 1.29 is 9.90 Å². The standard InChI is InChI=1S/C17H22N2O2/c1-2-3-4-5-6-7-13-8-9-15-14(12-13)17(21,10-11-18)16(20)19-15/h8-9,12,21H,2-7,10H2,1H3,(H,19,20). The Labute approximate surface area is 125 Å². The summed E-state index contributed by atoms with van der Waals surface area (Å²) in [7, 11) is 0. The van der Waals surface area contributed by atoms with Crippen LogP contribution in [0.4, 0.5) is 5.69 Å². The lowest BCUT2D eigenvalue weighted by atomic mass is 9.90. The zero-order chi connectivity index (χ0) is 15.3. The number of aryl methyl sites for hydroxylation is 1. The van der Waals surface area contributed by atoms with Crippen molar-refractivity contribution in [2.45, 2.75) is 57.5 Å². The zero-order valence-electron chi connectivity index (χ0n) is 12.5. The van der Waals surface area contributed by atoms with Gasteiger partial charge in [-0.05, 0) is 24.5 Å². The molecule has 0 fully saturated rings. The zero-order valence-corrected chi connectivity index (χ0v) is 12.5. The minimum atomic E-state index is -1.69. The largest absolute Gasteiger partial charge is 0.374 e. The highest BCUT2D eigenvalue weighted by atomic mass is 16.3. The first-order valence-corrected chi connectivity index (χ1v) is 7.66. The van der Waals surface area contributed by atoms with Gasteiger partial charge in [-0.25, -0.2) is 0 Å². The van der Waals surface area contributed by atoms with E-state index in [-0.39, 0.29) is 6.42 Å². The number of anilines is 1. The predicted octanol–water partition coefficient (Wildman–Crippen LogP) is 3.25. The van der Waals surface area contributed by atoms with Crippen LogP contribution in [0.1, 0.15) is 56.6 Å². The Kier molecular flexibility index (Phi) is 4.98. The molecule has 2 N–H and O–H groups in total. The molecule has 21 heavy (non-hydrogen) atoms. The van der Waals surface area contributed by atoms with Crippen LogP contribution in [0.2, 0.25) is 0 Å². The number of hydrogen-bond acceptors (Lipinski definition) is 3. The topological polar surface area (TPSA) is 73.1 Å². The molecule has 0 bridgehead atoms. The third kappa shape index (κ3) is 3.25. The molecule has 0 aliphatic carbocycles. The van der Waals surface area contributed by atoms with Gasteiger partial charge in [-0.3, -0.25) is 4.79 Å². The van der Waals surface area contributed by atoms with E-state index in [1.165, 1.54) is 25.7 Å². The number of nitriles is 1. The minimum absolute atomic E-state index is 0.216. The number of carbonyl (C=O) groups excluding carboxylic acids is 1. The number of aliphatic hydroxyl groups is 1. The Morgan fingerprint density at radius 1 is 1.29 bits per heavy atom. The molecule has 1 atom stereocenters. The molecule has 1 amide bonds. The van der Waals surface area contributed by atoms with Crippen molar-refractivity contribution in [1.82, 2.24) is 0 Å². The highest BCUT2D eigenvalue weighted by molar-refractivity contribution is 6.05. The quantitative estimate of drug-likeness (QED) is 0.756. The SMILES string of the molecule is CCCCCCCc1ccc2c(c1)C(O)(CC#N)C(=O)N2. The summed E-state index contributed by atoms with van der Waals surface area (Å²) >= 11 is 0. The Balaban J connectivity index is 2.07. The number of unbranched alkanes of at least 4 members (excludes halogenated alkanes) is 4. The van der Waals surface area contributed by atoms with Crippen LogP contribution in [0.15, 0.2) is 18.2 Å². The average molecular weight is 286 g/mol. The van der Waals surface area contributed by atoms with Gasteiger partial charge in [0.15, 0.2) is 5.60 Å². The van der Waals surface area contributed by atoms with Crippen molar-refractivity contribution in [3.63, 3.8) is 0 Å². The van der Waals surface area contributed by atoms with Crippen molar-refractivity contribution in [3.05, 3.63) is 29.3 Å². The number of carbonyl (C=O) groups is 1. The first-order valence-electron chi connectivity index (χ1n) is 7.66. The van der Waals surface area contributed by atoms with Gasteiger partial charge in [0.1, 0.15) is 0 Å². The van der Waals surface area contributed by atoms with E-state index in [0.717, 1.165) is 18.4 Å². The fourth-order valence-corrected chi connectivity index (χ4v) is 2.77. The van der Waals surface area contributed by atoms with Crippen molar-refractivity contribution in [3.8, 4) is 6.07 Å². The summed E-state index contributed by atoms with van der Waals surface area (Å²) in [5.41, 5.74) is 0.577. The third-order valence-corrected chi connectivity index (χ3v) is 4.06. The third-order valence-electron chi connectivity index (χ3n) is 4.06. The van der Waals surface area contributed by atoms with Crippen LogP contribution in [0.5, 0.6) is 0 Å². The molecule has 1 heterocycles. The van der Waals surface area contributed by atoms with Crippen molar-refractivity contribution in [2.75, 3.05) is 5.32 Å². The van der Waals surface area contributed by atoms with E-state index in [0.29, 0.717) is 11.3 Å². The van der Waals surface area contributed by atoms with Gasteiger partial charge in [0.25, 0.3) is 5.91 Å². The molecule has 2 rings (SSSR count). The van der Waals surface area contributed by atoms with E-state index in [1.807, 2.05) is 24.3 Å². The van der Waals surface area contributed by atoms with Crippen LogP contribution in [0.3, 0.4) is 0 Å². The van der Waals surface area contributed by atoms with Gasteiger partial charge in [0.05, 0.1) is 12.5 Å². The number of nitrogens with zero attached hydrogens (tertiary/aromatic N) is 1. The summed E-state index contributed by atoms with van der Waals surface area (Å²) in [6.07, 6.45) is 6.78. The lowest BCUT2D eigenvalue weighted by Crippen LogP contribution is -2.33. The summed E-state index contributed by atoms with van der Waals surface area (Å²) in [6, 6.07) is 7.57. The molecular weight excluding hydrogens is 264 g/mol. The van der Waals surface area contributed by atoms with Crippen LogP contribution in [0, 0.1) is 11.3 Å². The summed E-state index contributed by atoms with van der Waals surface area (Å²) < 4.78 is 0. The molecule has 1 aromatic carbocycles. The molecule has 4 heteroatoms. The molecule has 1 unspecified atom stereocenters. The number of rotatable bonds is 7. The van der Waals surface area contributed by atoms with Gasteiger partial charge < -0.3 is 10.4 Å². The summed E-state index contributed by atoms with van der Waals surface area (Å²) in [5, 5.41) is 21.9. The maximum Gasteiger partial charge on any atom is 0.262 e. The van der Waals surface area contributed by atoms with Crippen LogP contribution in [0.25, 0.3) is 0 Å². The normalized spacial score (nSPS) is 20.0. The van der Waals surface area contributed by atoms with Crippen LogP contribution < -0.4 is 5.32 Å². The second kappa shape index (κ2) is 6.73. The molecule has 0 aromatic heterocycles.